The predicted octanol–water partition coefficient (Wildman–Crippen LogP) is 6.75. The van der Waals surface area contributed by atoms with Crippen LogP contribution in [-0.4, -0.2) is 5.78 Å². The van der Waals surface area contributed by atoms with Gasteiger partial charge >= 0.3 is 0 Å². The third kappa shape index (κ3) is 4.33. The third-order valence-electron chi connectivity index (χ3n) is 4.69. The Labute approximate surface area is 171 Å². The smallest absolute Gasteiger partial charge is 0.195 e. The van der Waals surface area contributed by atoms with Crippen LogP contribution in [0.25, 0.3) is 5.57 Å². The number of hydrogen-bond acceptors (Lipinski definition) is 2. The van der Waals surface area contributed by atoms with Crippen molar-refractivity contribution in [1.29, 1.82) is 0 Å². The highest BCUT2D eigenvalue weighted by molar-refractivity contribution is 6.29. The SMILES string of the molecule is O=C(/C(=C/N(c1ccccc1)c1ccccc1)c1ccccc1)c1ccccc1. The maximum absolute atomic E-state index is 13.4. The van der Waals surface area contributed by atoms with Crippen molar-refractivity contribution in [2.24, 2.45) is 0 Å². The molecule has 0 bridgehead atoms. The van der Waals surface area contributed by atoms with Crippen LogP contribution >= 0.6 is 0 Å². The van der Waals surface area contributed by atoms with Crippen LogP contribution in [-0.2, 0) is 0 Å². The Morgan fingerprint density at radius 1 is 0.517 bits per heavy atom. The number of nitrogens with zero attached hydrogens (tertiary/aromatic N) is 1. The lowest BCUT2D eigenvalue weighted by Gasteiger charge is -2.23. The third-order valence-corrected chi connectivity index (χ3v) is 4.69. The molecule has 0 heterocycles. The van der Waals surface area contributed by atoms with Crippen molar-refractivity contribution in [2.45, 2.75) is 0 Å². The minimum Gasteiger partial charge on any atom is -0.316 e. The highest BCUT2D eigenvalue weighted by Crippen LogP contribution is 2.29. The normalized spacial score (nSPS) is 11.1. The summed E-state index contributed by atoms with van der Waals surface area (Å²) in [4.78, 5) is 15.5. The van der Waals surface area contributed by atoms with Gasteiger partial charge in [-0.15, -0.1) is 0 Å². The van der Waals surface area contributed by atoms with Crippen molar-refractivity contribution in [3.05, 3.63) is 139 Å². The van der Waals surface area contributed by atoms with E-state index in [2.05, 4.69) is 4.90 Å². The van der Waals surface area contributed by atoms with Crippen molar-refractivity contribution < 1.29 is 4.79 Å². The van der Waals surface area contributed by atoms with E-state index < -0.39 is 0 Å². The highest BCUT2D eigenvalue weighted by atomic mass is 16.1. The molecule has 0 radical (unpaired) electrons. The number of ketones is 1. The first kappa shape index (κ1) is 18.5. The molecule has 0 aliphatic rings. The maximum atomic E-state index is 13.4. The van der Waals surface area contributed by atoms with E-state index in [1.54, 1.807) is 0 Å². The molecule has 0 atom stereocenters. The number of carbonyl (C=O) groups is 1. The second-order valence-corrected chi connectivity index (χ2v) is 6.65. The van der Waals surface area contributed by atoms with Gasteiger partial charge in [-0.3, -0.25) is 4.79 Å². The molecule has 2 heteroatoms. The summed E-state index contributed by atoms with van der Waals surface area (Å²) in [6.45, 7) is 0. The molecule has 0 saturated carbocycles. The van der Waals surface area contributed by atoms with Gasteiger partial charge in [-0.25, -0.2) is 0 Å². The molecule has 0 aliphatic carbocycles. The summed E-state index contributed by atoms with van der Waals surface area (Å²) >= 11 is 0. The summed E-state index contributed by atoms with van der Waals surface area (Å²) in [5.74, 6) is -0.00587. The van der Waals surface area contributed by atoms with Gasteiger partial charge in [0.1, 0.15) is 0 Å². The van der Waals surface area contributed by atoms with Crippen LogP contribution < -0.4 is 4.90 Å². The van der Waals surface area contributed by atoms with Crippen LogP contribution in [0.2, 0.25) is 0 Å². The lowest BCUT2D eigenvalue weighted by molar-refractivity contribution is 0.105. The summed E-state index contributed by atoms with van der Waals surface area (Å²) in [6.07, 6.45) is 1.94. The quantitative estimate of drug-likeness (QED) is 0.274. The lowest BCUT2D eigenvalue weighted by atomic mass is 9.97. The minimum atomic E-state index is -0.00587. The van der Waals surface area contributed by atoms with Gasteiger partial charge in [0, 0.05) is 28.7 Å². The zero-order chi connectivity index (χ0) is 19.9. The van der Waals surface area contributed by atoms with Crippen molar-refractivity contribution in [3.8, 4) is 0 Å². The average Bonchev–Trinajstić information content (AvgIpc) is 2.82. The van der Waals surface area contributed by atoms with Gasteiger partial charge in [-0.2, -0.15) is 0 Å². The first-order valence-electron chi connectivity index (χ1n) is 9.59. The summed E-state index contributed by atoms with van der Waals surface area (Å²) in [5.41, 5.74) is 4.19. The number of rotatable bonds is 6. The van der Waals surface area contributed by atoms with Gasteiger partial charge in [-0.05, 0) is 29.8 Å². The van der Waals surface area contributed by atoms with Crippen molar-refractivity contribution in [2.75, 3.05) is 4.90 Å². The summed E-state index contributed by atoms with van der Waals surface area (Å²) in [6, 6.07) is 39.4. The Balaban J connectivity index is 1.88. The Morgan fingerprint density at radius 2 is 0.897 bits per heavy atom. The Kier molecular flexibility index (Phi) is 5.63. The van der Waals surface area contributed by atoms with Crippen LogP contribution in [0.5, 0.6) is 0 Å². The average molecular weight is 375 g/mol. The first-order chi connectivity index (χ1) is 14.3. The molecule has 0 fully saturated rings. The fraction of sp³-hybridized carbons (Fsp3) is 0. The number of Topliss-reactive ketones (excluding diaryl/α,β-unsaturated/α-hetero) is 1. The van der Waals surface area contributed by atoms with E-state index in [1.807, 2.05) is 128 Å². The molecule has 4 aromatic carbocycles. The number of para-hydroxylation sites is 2. The molecule has 4 aromatic rings. The number of hydrogen-bond donors (Lipinski definition) is 0. The van der Waals surface area contributed by atoms with Crippen LogP contribution in [0.3, 0.4) is 0 Å². The summed E-state index contributed by atoms with van der Waals surface area (Å²) < 4.78 is 0. The molecule has 4 rings (SSSR count). The second kappa shape index (κ2) is 8.85. The fourth-order valence-electron chi connectivity index (χ4n) is 3.23. The van der Waals surface area contributed by atoms with Crippen LogP contribution in [0.4, 0.5) is 11.4 Å². The summed E-state index contributed by atoms with van der Waals surface area (Å²) in [7, 11) is 0. The van der Waals surface area contributed by atoms with Gasteiger partial charge in [0.25, 0.3) is 0 Å². The maximum Gasteiger partial charge on any atom is 0.195 e. The van der Waals surface area contributed by atoms with Gasteiger partial charge in [0.15, 0.2) is 5.78 Å². The second-order valence-electron chi connectivity index (χ2n) is 6.65. The molecule has 0 saturated heterocycles. The number of carbonyl (C=O) groups excluding carboxylic acids is 1. The van der Waals surface area contributed by atoms with Gasteiger partial charge < -0.3 is 4.90 Å². The van der Waals surface area contributed by atoms with Gasteiger partial charge in [-0.1, -0.05) is 97.1 Å². The topological polar surface area (TPSA) is 20.3 Å². The minimum absolute atomic E-state index is 0.00587. The van der Waals surface area contributed by atoms with E-state index in [-0.39, 0.29) is 5.78 Å². The van der Waals surface area contributed by atoms with Gasteiger partial charge in [0.05, 0.1) is 0 Å². The van der Waals surface area contributed by atoms with Crippen LogP contribution in [0, 0.1) is 0 Å². The van der Waals surface area contributed by atoms with E-state index in [0.717, 1.165) is 16.9 Å². The molecule has 0 unspecified atom stereocenters. The van der Waals surface area contributed by atoms with E-state index in [0.29, 0.717) is 11.1 Å². The molecule has 0 N–H and O–H groups in total. The summed E-state index contributed by atoms with van der Waals surface area (Å²) in [5, 5.41) is 0. The molecule has 0 aliphatic heterocycles. The van der Waals surface area contributed by atoms with E-state index in [9.17, 15) is 4.79 Å². The van der Waals surface area contributed by atoms with Gasteiger partial charge in [0.2, 0.25) is 0 Å². The fourth-order valence-corrected chi connectivity index (χ4v) is 3.23. The molecule has 0 aromatic heterocycles. The molecule has 2 nitrogen and oxygen atoms in total. The zero-order valence-electron chi connectivity index (χ0n) is 16.0. The number of allylic oxidation sites excluding steroid dienone is 1. The van der Waals surface area contributed by atoms with Crippen LogP contribution in [0.15, 0.2) is 128 Å². The standard InChI is InChI=1S/C27H21NO/c29-27(23-15-7-2-8-16-23)26(22-13-5-1-6-14-22)21-28(24-17-9-3-10-18-24)25-19-11-4-12-20-25/h1-21H/b26-21+. The van der Waals surface area contributed by atoms with Crippen molar-refractivity contribution in [3.63, 3.8) is 0 Å². The number of benzene rings is 4. The largest absolute Gasteiger partial charge is 0.316 e. The predicted molar refractivity (Wildman–Crippen MR) is 120 cm³/mol. The Hall–Kier alpha value is -3.91. The van der Waals surface area contributed by atoms with E-state index in [1.165, 1.54) is 0 Å². The number of anilines is 2. The monoisotopic (exact) mass is 375 g/mol. The lowest BCUT2D eigenvalue weighted by Crippen LogP contribution is -2.13. The van der Waals surface area contributed by atoms with E-state index in [4.69, 9.17) is 0 Å². The van der Waals surface area contributed by atoms with Crippen LogP contribution in [0.1, 0.15) is 15.9 Å². The molecule has 29 heavy (non-hydrogen) atoms. The molecule has 140 valence electrons. The van der Waals surface area contributed by atoms with Crippen molar-refractivity contribution >= 4 is 22.7 Å². The Morgan fingerprint density at radius 3 is 1.34 bits per heavy atom. The van der Waals surface area contributed by atoms with Crippen molar-refractivity contribution in [1.82, 2.24) is 0 Å². The molecule has 0 amide bonds. The van der Waals surface area contributed by atoms with E-state index >= 15 is 0 Å². The molecular formula is C27H21NO. The Bertz CT molecular complexity index is 1050. The molecule has 0 spiro atoms. The molecular weight excluding hydrogens is 354 g/mol. The first-order valence-corrected chi connectivity index (χ1v) is 9.59. The highest BCUT2D eigenvalue weighted by Gasteiger charge is 2.17. The zero-order valence-corrected chi connectivity index (χ0v) is 16.0.